The molecule has 2 atom stereocenters. The second-order valence-corrected chi connectivity index (χ2v) is 11.4. The smallest absolute Gasteiger partial charge is 0.497 e. The number of carbonyl (C=O) groups excluding carboxylic acids is 2. The molecule has 0 radical (unpaired) electrons. The Labute approximate surface area is 275 Å². The number of carbonyl (C=O) groups is 2. The summed E-state index contributed by atoms with van der Waals surface area (Å²) in [5, 5.41) is 2.63. The van der Waals surface area contributed by atoms with Gasteiger partial charge in [0.25, 0.3) is 5.91 Å². The molecule has 4 aromatic carbocycles. The van der Waals surface area contributed by atoms with Gasteiger partial charge in [0.1, 0.15) is 11.6 Å². The maximum absolute atomic E-state index is 14.3. The zero-order valence-electron chi connectivity index (χ0n) is 25.9. The highest BCUT2D eigenvalue weighted by molar-refractivity contribution is 6.20. The molecule has 4 aromatic rings. The molecule has 254 valence electrons. The summed E-state index contributed by atoms with van der Waals surface area (Å²) in [6.45, 7) is 1.52. The fraction of sp³-hybridized carbons (Fsp3) is 0.229. The van der Waals surface area contributed by atoms with Gasteiger partial charge in [0, 0.05) is 17.0 Å². The summed E-state index contributed by atoms with van der Waals surface area (Å²) in [5.41, 5.74) is 0.721. The quantitative estimate of drug-likeness (QED) is 0.205. The van der Waals surface area contributed by atoms with Gasteiger partial charge in [0.15, 0.2) is 11.5 Å². The van der Waals surface area contributed by atoms with Crippen LogP contribution in [0.5, 0.6) is 17.2 Å². The van der Waals surface area contributed by atoms with Crippen LogP contribution in [0.4, 0.5) is 32.0 Å². The highest BCUT2D eigenvalue weighted by atomic mass is 19.4. The van der Waals surface area contributed by atoms with Crippen molar-refractivity contribution in [3.8, 4) is 17.2 Å². The van der Waals surface area contributed by atoms with E-state index in [0.717, 1.165) is 12.1 Å². The van der Waals surface area contributed by atoms with Gasteiger partial charge in [-0.05, 0) is 66.1 Å². The molecule has 1 N–H and O–H groups in total. The van der Waals surface area contributed by atoms with E-state index in [-0.39, 0.29) is 41.3 Å². The zero-order chi connectivity index (χ0) is 35.1. The van der Waals surface area contributed by atoms with E-state index in [9.17, 15) is 35.9 Å². The second kappa shape index (κ2) is 12.8. The molecular weight excluding hydrogens is 656 g/mol. The maximum Gasteiger partial charge on any atom is 0.586 e. The number of alkyl halides is 5. The van der Waals surface area contributed by atoms with Crippen LogP contribution in [-0.2, 0) is 28.7 Å². The van der Waals surface area contributed by atoms with Gasteiger partial charge in [0.2, 0.25) is 12.1 Å². The molecule has 0 aromatic heterocycles. The monoisotopic (exact) mass is 683 g/mol. The highest BCUT2D eigenvalue weighted by Gasteiger charge is 2.44. The average molecular weight is 684 g/mol. The molecule has 6 rings (SSSR count). The third kappa shape index (κ3) is 7.03. The molecule has 0 aliphatic carbocycles. The molecule has 2 amide bonds. The Kier molecular flexibility index (Phi) is 8.73. The number of methoxy groups -OCH3 is 1. The topological polar surface area (TPSA) is 89.5 Å². The van der Waals surface area contributed by atoms with Gasteiger partial charge in [-0.2, -0.15) is 13.2 Å². The largest absolute Gasteiger partial charge is 0.586 e. The Morgan fingerprint density at radius 1 is 0.980 bits per heavy atom. The Hall–Kier alpha value is -5.53. The number of amides is 2. The molecule has 49 heavy (non-hydrogen) atoms. The third-order valence-electron chi connectivity index (χ3n) is 7.99. The molecule has 0 bridgehead atoms. The first-order valence-corrected chi connectivity index (χ1v) is 14.9. The molecule has 8 nitrogen and oxygen atoms in total. The van der Waals surface area contributed by atoms with Crippen LogP contribution in [0.3, 0.4) is 0 Å². The molecule has 0 fully saturated rings. The number of aliphatic imine (C=N–C) groups is 1. The van der Waals surface area contributed by atoms with Crippen LogP contribution in [0, 0.1) is 11.7 Å². The lowest BCUT2D eigenvalue weighted by atomic mass is 9.98. The van der Waals surface area contributed by atoms with Crippen molar-refractivity contribution in [2.24, 2.45) is 10.9 Å². The summed E-state index contributed by atoms with van der Waals surface area (Å²) in [7, 11) is 1.52. The number of benzodiazepines with no additional fused rings is 1. The lowest BCUT2D eigenvalue weighted by Gasteiger charge is -2.26. The minimum Gasteiger partial charge on any atom is -0.497 e. The number of nitrogens with zero attached hydrogens (tertiary/aromatic N) is 2. The predicted molar refractivity (Wildman–Crippen MR) is 165 cm³/mol. The molecule has 2 aliphatic rings. The lowest BCUT2D eigenvalue weighted by molar-refractivity contribution is -0.286. The first-order chi connectivity index (χ1) is 23.2. The van der Waals surface area contributed by atoms with Crippen LogP contribution in [0.15, 0.2) is 89.9 Å². The van der Waals surface area contributed by atoms with Crippen molar-refractivity contribution >= 4 is 23.2 Å². The van der Waals surface area contributed by atoms with Crippen LogP contribution in [0.1, 0.15) is 34.7 Å². The maximum atomic E-state index is 14.3. The summed E-state index contributed by atoms with van der Waals surface area (Å²) in [5.74, 6) is -3.60. The number of halogens is 6. The van der Waals surface area contributed by atoms with Gasteiger partial charge in [-0.25, -0.2) is 9.38 Å². The number of nitrogens with one attached hydrogen (secondary N) is 1. The summed E-state index contributed by atoms with van der Waals surface area (Å²) in [6.07, 6.45) is -10.4. The van der Waals surface area contributed by atoms with Crippen LogP contribution in [-0.4, -0.2) is 37.1 Å². The summed E-state index contributed by atoms with van der Waals surface area (Å²) in [4.78, 5) is 33.8. The number of fused-ring (bicyclic) bond motifs is 2. The summed E-state index contributed by atoms with van der Waals surface area (Å²) >= 11 is 0. The van der Waals surface area contributed by atoms with E-state index in [1.165, 1.54) is 37.1 Å². The Bertz CT molecular complexity index is 1950. The van der Waals surface area contributed by atoms with Crippen molar-refractivity contribution in [3.63, 3.8) is 0 Å². The van der Waals surface area contributed by atoms with Gasteiger partial charge in [-0.15, -0.1) is 8.78 Å². The van der Waals surface area contributed by atoms with E-state index in [0.29, 0.717) is 28.6 Å². The van der Waals surface area contributed by atoms with Crippen LogP contribution < -0.4 is 24.4 Å². The Balaban J connectivity index is 1.36. The first kappa shape index (κ1) is 33.4. The molecule has 0 saturated carbocycles. The third-order valence-corrected chi connectivity index (χ3v) is 7.99. The standard InChI is InChI=1S/C35H27F6N3O5/c1-19(15-21-9-13-25(26(36)16-21)34(37,38)39)32(45)43-31-33(46)44(18-20-7-11-23(47-2)12-8-20)27-6-4-3-5-24(27)30(42-31)22-10-14-28-29(17-22)49-35(40,41)48-28/h3-14,16-17,19,31H,15,18H2,1-2H3,(H,43,45)/t19-,31?/m0/s1. The molecule has 14 heteroatoms. The predicted octanol–water partition coefficient (Wildman–Crippen LogP) is 6.88. The second-order valence-electron chi connectivity index (χ2n) is 11.4. The molecular formula is C35H27F6N3O5. The molecule has 1 unspecified atom stereocenters. The van der Waals surface area contributed by atoms with Crippen molar-refractivity contribution in [1.29, 1.82) is 0 Å². The van der Waals surface area contributed by atoms with Crippen LogP contribution in [0.2, 0.25) is 0 Å². The van der Waals surface area contributed by atoms with E-state index in [1.807, 2.05) is 0 Å². The van der Waals surface area contributed by atoms with Gasteiger partial charge in [0.05, 0.1) is 30.6 Å². The highest BCUT2D eigenvalue weighted by Crippen LogP contribution is 2.42. The van der Waals surface area contributed by atoms with E-state index < -0.39 is 47.7 Å². The van der Waals surface area contributed by atoms with Crippen molar-refractivity contribution in [2.75, 3.05) is 12.0 Å². The fourth-order valence-corrected chi connectivity index (χ4v) is 5.57. The minimum atomic E-state index is -4.88. The number of rotatable bonds is 8. The molecule has 0 spiro atoms. The average Bonchev–Trinajstić information content (AvgIpc) is 3.32. The van der Waals surface area contributed by atoms with Gasteiger partial charge in [-0.1, -0.05) is 43.3 Å². The van der Waals surface area contributed by atoms with Gasteiger partial charge < -0.3 is 24.4 Å². The number of benzene rings is 4. The summed E-state index contributed by atoms with van der Waals surface area (Å²) < 4.78 is 95.5. The first-order valence-electron chi connectivity index (χ1n) is 14.9. The van der Waals surface area contributed by atoms with E-state index in [2.05, 4.69) is 19.8 Å². The van der Waals surface area contributed by atoms with Crippen molar-refractivity contribution in [2.45, 2.75) is 38.5 Å². The van der Waals surface area contributed by atoms with Crippen molar-refractivity contribution in [1.82, 2.24) is 5.32 Å². The fourth-order valence-electron chi connectivity index (χ4n) is 5.57. The normalized spacial score (nSPS) is 17.1. The number of anilines is 1. The van der Waals surface area contributed by atoms with Crippen LogP contribution >= 0.6 is 0 Å². The van der Waals surface area contributed by atoms with E-state index >= 15 is 0 Å². The van der Waals surface area contributed by atoms with Gasteiger partial charge >= 0.3 is 12.5 Å². The number of hydrogen-bond acceptors (Lipinski definition) is 6. The number of para-hydroxylation sites is 1. The zero-order valence-corrected chi connectivity index (χ0v) is 25.9. The van der Waals surface area contributed by atoms with E-state index in [1.54, 1.807) is 48.5 Å². The van der Waals surface area contributed by atoms with Crippen LogP contribution in [0.25, 0.3) is 0 Å². The minimum absolute atomic E-state index is 0.0444. The lowest BCUT2D eigenvalue weighted by Crippen LogP contribution is -2.48. The number of hydrogen-bond donors (Lipinski definition) is 1. The molecule has 0 saturated heterocycles. The molecule has 2 aliphatic heterocycles. The summed E-state index contributed by atoms with van der Waals surface area (Å²) in [6, 6.07) is 20.2. The van der Waals surface area contributed by atoms with E-state index in [4.69, 9.17) is 4.74 Å². The Morgan fingerprint density at radius 2 is 1.67 bits per heavy atom. The molecule has 2 heterocycles. The van der Waals surface area contributed by atoms with Crippen molar-refractivity contribution in [3.05, 3.63) is 119 Å². The Morgan fingerprint density at radius 3 is 2.37 bits per heavy atom. The SMILES string of the molecule is COc1ccc(CN2C(=O)C(NC(=O)[C@@H](C)Cc3ccc(C(F)(F)F)c(F)c3)N=C(c3ccc4c(c3)OC(F)(F)O4)c3ccccc32)cc1. The number of ether oxygens (including phenoxy) is 3. The van der Waals surface area contributed by atoms with Crippen molar-refractivity contribution < 1.29 is 50.1 Å². The van der Waals surface area contributed by atoms with Gasteiger partial charge in [-0.3, -0.25) is 9.59 Å².